The number of rotatable bonds is 1. The van der Waals surface area contributed by atoms with Crippen molar-refractivity contribution in [2.45, 2.75) is 19.3 Å². The van der Waals surface area contributed by atoms with Crippen LogP contribution in [0, 0.1) is 11.8 Å². The topological polar surface area (TPSA) is 83.1 Å². The second-order valence-corrected chi connectivity index (χ2v) is 4.45. The van der Waals surface area contributed by atoms with Crippen LogP contribution in [0.5, 0.6) is 0 Å². The lowest BCUT2D eigenvalue weighted by molar-refractivity contribution is 0.753. The van der Waals surface area contributed by atoms with E-state index in [9.17, 15) is 0 Å². The average Bonchev–Trinajstić information content (AvgIpc) is 2.76. The van der Waals surface area contributed by atoms with E-state index < -0.39 is 0 Å². The van der Waals surface area contributed by atoms with Crippen LogP contribution in [0.25, 0.3) is 11.5 Å². The summed E-state index contributed by atoms with van der Waals surface area (Å²) in [4.78, 5) is 0. The Hall–Kier alpha value is -1.72. The fraction of sp³-hybridized carbons (Fsp3) is 0.556. The number of fused-ring (bicyclic) bond motifs is 3. The first-order valence-electron chi connectivity index (χ1n) is 5.17. The van der Waals surface area contributed by atoms with E-state index in [0.717, 1.165) is 24.0 Å². The van der Waals surface area contributed by atoms with E-state index in [1.807, 2.05) is 0 Å². The molecule has 0 radical (unpaired) electrons. The molecule has 0 bridgehead atoms. The van der Waals surface area contributed by atoms with Crippen LogP contribution < -0.4 is 0 Å². The van der Waals surface area contributed by atoms with Gasteiger partial charge in [0.15, 0.2) is 0 Å². The molecule has 15 heavy (non-hydrogen) atoms. The monoisotopic (exact) mass is 202 g/mol. The minimum absolute atomic E-state index is 0.599. The van der Waals surface area contributed by atoms with Crippen molar-refractivity contribution >= 4 is 0 Å². The molecule has 2 heterocycles. The van der Waals surface area contributed by atoms with Crippen LogP contribution in [0.2, 0.25) is 0 Å². The van der Waals surface area contributed by atoms with Gasteiger partial charge in [-0.2, -0.15) is 10.3 Å². The maximum absolute atomic E-state index is 4.28. The molecule has 76 valence electrons. The van der Waals surface area contributed by atoms with Crippen LogP contribution in [0.4, 0.5) is 0 Å². The maximum atomic E-state index is 4.28. The highest BCUT2D eigenvalue weighted by Crippen LogP contribution is 2.61. The predicted molar refractivity (Wildman–Crippen MR) is 50.9 cm³/mol. The summed E-state index contributed by atoms with van der Waals surface area (Å²) in [6.45, 7) is 2.30. The van der Waals surface area contributed by atoms with E-state index >= 15 is 0 Å². The first-order valence-corrected chi connectivity index (χ1v) is 5.17. The third kappa shape index (κ3) is 0.800. The van der Waals surface area contributed by atoms with Gasteiger partial charge in [-0.05, 0) is 23.5 Å². The Morgan fingerprint density at radius 1 is 1.33 bits per heavy atom. The molecule has 0 aromatic carbocycles. The van der Waals surface area contributed by atoms with Gasteiger partial charge in [-0.1, -0.05) is 6.92 Å². The Morgan fingerprint density at radius 2 is 2.27 bits per heavy atom. The number of tetrazole rings is 1. The Labute approximate surface area is 85.5 Å². The molecule has 1 saturated carbocycles. The third-order valence-corrected chi connectivity index (χ3v) is 3.79. The molecular formula is C9H10N6. The summed E-state index contributed by atoms with van der Waals surface area (Å²) < 4.78 is 0. The molecule has 0 spiro atoms. The van der Waals surface area contributed by atoms with E-state index in [1.165, 1.54) is 11.3 Å². The fourth-order valence-electron chi connectivity index (χ4n) is 2.88. The second-order valence-electron chi connectivity index (χ2n) is 4.45. The molecule has 2 aliphatic rings. The minimum Gasteiger partial charge on any atom is -0.281 e. The molecule has 0 saturated heterocycles. The van der Waals surface area contributed by atoms with Crippen LogP contribution in [0.15, 0.2) is 0 Å². The maximum Gasteiger partial charge on any atom is 0.225 e. The number of aromatic amines is 2. The van der Waals surface area contributed by atoms with Gasteiger partial charge in [0, 0.05) is 17.2 Å². The van der Waals surface area contributed by atoms with Gasteiger partial charge < -0.3 is 0 Å². The molecule has 6 nitrogen and oxygen atoms in total. The van der Waals surface area contributed by atoms with Crippen LogP contribution in [-0.4, -0.2) is 30.8 Å². The van der Waals surface area contributed by atoms with E-state index in [2.05, 4.69) is 37.7 Å². The third-order valence-electron chi connectivity index (χ3n) is 3.79. The molecule has 1 fully saturated rings. The zero-order valence-corrected chi connectivity index (χ0v) is 8.23. The van der Waals surface area contributed by atoms with Crippen LogP contribution in [-0.2, 0) is 6.42 Å². The lowest BCUT2D eigenvalue weighted by Gasteiger charge is -1.97. The van der Waals surface area contributed by atoms with Crippen molar-refractivity contribution in [2.24, 2.45) is 11.8 Å². The normalized spacial score (nSPS) is 31.4. The van der Waals surface area contributed by atoms with Gasteiger partial charge in [-0.3, -0.25) is 5.10 Å². The molecular weight excluding hydrogens is 192 g/mol. The van der Waals surface area contributed by atoms with Gasteiger partial charge in [0.25, 0.3) is 0 Å². The van der Waals surface area contributed by atoms with Crippen molar-refractivity contribution in [2.75, 3.05) is 0 Å². The van der Waals surface area contributed by atoms with Crippen molar-refractivity contribution in [1.82, 2.24) is 30.8 Å². The number of H-pyrrole nitrogens is 2. The Bertz CT molecular complexity index is 513. The highest BCUT2D eigenvalue weighted by molar-refractivity contribution is 5.59. The molecule has 3 atom stereocenters. The summed E-state index contributed by atoms with van der Waals surface area (Å²) in [5.74, 6) is 2.94. The fourth-order valence-corrected chi connectivity index (χ4v) is 2.88. The Kier molecular flexibility index (Phi) is 1.14. The number of hydrogen-bond acceptors (Lipinski definition) is 4. The quantitative estimate of drug-likeness (QED) is 0.705. The van der Waals surface area contributed by atoms with Gasteiger partial charge in [0.1, 0.15) is 5.69 Å². The molecule has 0 amide bonds. The van der Waals surface area contributed by atoms with E-state index in [0.29, 0.717) is 11.7 Å². The standard InChI is InChI=1S/C9H10N6/c1-3-4-2-5-7(6(3)4)10-11-8(5)9-12-14-15-13-9/h3-4,6H,2H2,1H3,(H,10,11)(H,12,13,14,15)/t3-,4-,6+/m1/s1. The number of aromatic nitrogens is 6. The summed E-state index contributed by atoms with van der Waals surface area (Å²) in [5.41, 5.74) is 3.47. The first-order chi connectivity index (χ1) is 7.36. The van der Waals surface area contributed by atoms with Gasteiger partial charge in [0.2, 0.25) is 5.82 Å². The summed E-state index contributed by atoms with van der Waals surface area (Å²) in [7, 11) is 0. The number of nitrogens with zero attached hydrogens (tertiary/aromatic N) is 4. The minimum atomic E-state index is 0.599. The molecule has 0 aliphatic heterocycles. The lowest BCUT2D eigenvalue weighted by atomic mass is 10.1. The van der Waals surface area contributed by atoms with Gasteiger partial charge in [-0.25, -0.2) is 0 Å². The van der Waals surface area contributed by atoms with Gasteiger partial charge in [0.05, 0.1) is 0 Å². The highest BCUT2D eigenvalue weighted by Gasteiger charge is 2.55. The molecule has 4 rings (SSSR count). The van der Waals surface area contributed by atoms with Crippen molar-refractivity contribution < 1.29 is 0 Å². The van der Waals surface area contributed by atoms with Crippen LogP contribution in [0.3, 0.4) is 0 Å². The van der Waals surface area contributed by atoms with Crippen molar-refractivity contribution in [1.29, 1.82) is 0 Å². The Balaban J connectivity index is 1.85. The molecule has 2 N–H and O–H groups in total. The van der Waals surface area contributed by atoms with Crippen molar-refractivity contribution in [3.8, 4) is 11.5 Å². The lowest BCUT2D eigenvalue weighted by Crippen LogP contribution is -1.91. The molecule has 0 unspecified atom stereocenters. The highest BCUT2D eigenvalue weighted by atomic mass is 15.5. The summed E-state index contributed by atoms with van der Waals surface area (Å²) in [6, 6.07) is 0. The Morgan fingerprint density at radius 3 is 3.07 bits per heavy atom. The van der Waals surface area contributed by atoms with Crippen LogP contribution >= 0.6 is 0 Å². The van der Waals surface area contributed by atoms with E-state index in [4.69, 9.17) is 0 Å². The zero-order valence-electron chi connectivity index (χ0n) is 8.23. The smallest absolute Gasteiger partial charge is 0.225 e. The summed E-state index contributed by atoms with van der Waals surface area (Å²) in [6.07, 6.45) is 1.11. The first kappa shape index (κ1) is 7.56. The van der Waals surface area contributed by atoms with Gasteiger partial charge >= 0.3 is 0 Å². The summed E-state index contributed by atoms with van der Waals surface area (Å²) >= 11 is 0. The van der Waals surface area contributed by atoms with Crippen molar-refractivity contribution in [3.63, 3.8) is 0 Å². The number of nitrogens with one attached hydrogen (secondary N) is 2. The molecule has 2 aromatic rings. The molecule has 6 heteroatoms. The SMILES string of the molecule is C[C@@H]1[C@H]2Cc3c(-c4nn[nH]n4)n[nH]c3[C@@H]12. The van der Waals surface area contributed by atoms with Crippen LogP contribution in [0.1, 0.15) is 24.1 Å². The van der Waals surface area contributed by atoms with Crippen molar-refractivity contribution in [3.05, 3.63) is 11.3 Å². The van der Waals surface area contributed by atoms with E-state index in [1.54, 1.807) is 0 Å². The number of hydrogen-bond donors (Lipinski definition) is 2. The molecule has 2 aromatic heterocycles. The molecule has 2 aliphatic carbocycles. The van der Waals surface area contributed by atoms with E-state index in [-0.39, 0.29) is 0 Å². The summed E-state index contributed by atoms with van der Waals surface area (Å²) in [5, 5.41) is 21.4. The van der Waals surface area contributed by atoms with Gasteiger partial charge in [-0.15, -0.1) is 10.2 Å². The predicted octanol–water partition coefficient (Wildman–Crippen LogP) is 0.495. The average molecular weight is 202 g/mol. The largest absolute Gasteiger partial charge is 0.281 e. The second kappa shape index (κ2) is 2.26. The zero-order chi connectivity index (χ0) is 9.99.